The molecule has 1 amide bonds. The summed E-state index contributed by atoms with van der Waals surface area (Å²) in [5.41, 5.74) is 4.22. The molecule has 3 aromatic rings. The summed E-state index contributed by atoms with van der Waals surface area (Å²) in [5, 5.41) is 9.07. The van der Waals surface area contributed by atoms with Crippen molar-refractivity contribution in [3.05, 3.63) is 81.5 Å². The molecule has 0 aliphatic carbocycles. The highest BCUT2D eigenvalue weighted by Crippen LogP contribution is 2.31. The van der Waals surface area contributed by atoms with Gasteiger partial charge in [0.2, 0.25) is 10.0 Å². The van der Waals surface area contributed by atoms with Crippen LogP contribution in [-0.2, 0) is 14.8 Å². The van der Waals surface area contributed by atoms with Crippen LogP contribution in [0.25, 0.3) is 11.8 Å². The van der Waals surface area contributed by atoms with Crippen LogP contribution >= 0.6 is 23.4 Å². The van der Waals surface area contributed by atoms with E-state index in [9.17, 15) is 13.2 Å². The Hall–Kier alpha value is -2.85. The van der Waals surface area contributed by atoms with E-state index in [0.717, 1.165) is 22.6 Å². The number of amides is 1. The summed E-state index contributed by atoms with van der Waals surface area (Å²) in [4.78, 5) is 17.5. The van der Waals surface area contributed by atoms with Gasteiger partial charge >= 0.3 is 0 Å². The molecule has 0 radical (unpaired) electrons. The molecule has 2 heterocycles. The Morgan fingerprint density at radius 3 is 2.38 bits per heavy atom. The van der Waals surface area contributed by atoms with Gasteiger partial charge in [0.15, 0.2) is 5.17 Å². The van der Waals surface area contributed by atoms with Crippen molar-refractivity contribution in [2.24, 2.45) is 10.1 Å². The van der Waals surface area contributed by atoms with Crippen LogP contribution in [0.5, 0.6) is 0 Å². The van der Waals surface area contributed by atoms with Gasteiger partial charge in [-0.15, -0.1) is 0 Å². The lowest BCUT2D eigenvalue weighted by molar-refractivity contribution is -0.115. The molecule has 0 bridgehead atoms. The first kappa shape index (κ1) is 22.3. The van der Waals surface area contributed by atoms with E-state index in [-0.39, 0.29) is 10.8 Å². The Morgan fingerprint density at radius 2 is 1.75 bits per heavy atom. The number of nitrogens with one attached hydrogen (secondary N) is 1. The first-order valence-corrected chi connectivity index (χ1v) is 12.2. The lowest BCUT2D eigenvalue weighted by Gasteiger charge is -2.10. The number of hydrogen-bond acceptors (Lipinski definition) is 5. The number of halogens is 1. The summed E-state index contributed by atoms with van der Waals surface area (Å²) in [7, 11) is -3.75. The number of aromatic nitrogens is 1. The van der Waals surface area contributed by atoms with Gasteiger partial charge < -0.3 is 9.88 Å². The molecule has 0 unspecified atom stereocenters. The highest BCUT2D eigenvalue weighted by molar-refractivity contribution is 8.18. The predicted molar refractivity (Wildman–Crippen MR) is 129 cm³/mol. The Balaban J connectivity index is 1.62. The van der Waals surface area contributed by atoms with Gasteiger partial charge in [-0.05, 0) is 91.8 Å². The van der Waals surface area contributed by atoms with Crippen molar-refractivity contribution < 1.29 is 13.2 Å². The minimum absolute atomic E-state index is 0.0533. The molecule has 1 saturated heterocycles. The lowest BCUT2D eigenvalue weighted by atomic mass is 10.2. The maximum Gasteiger partial charge on any atom is 0.264 e. The SMILES string of the molecule is Cc1cc(C=C2SC(=Nc3ccc(Cl)cc3)NC2=O)c(C)n1-c1ccc(S(N)(=O)=O)cc1. The number of aliphatic imine (C=N–C) groups is 1. The number of sulfonamides is 1. The smallest absolute Gasteiger partial charge is 0.264 e. The van der Waals surface area contributed by atoms with E-state index in [2.05, 4.69) is 10.3 Å². The van der Waals surface area contributed by atoms with E-state index >= 15 is 0 Å². The maximum atomic E-state index is 12.5. The van der Waals surface area contributed by atoms with E-state index in [1.54, 1.807) is 36.4 Å². The average molecular weight is 487 g/mol. The van der Waals surface area contributed by atoms with Gasteiger partial charge in [-0.2, -0.15) is 0 Å². The number of carbonyl (C=O) groups excluding carboxylic acids is 1. The van der Waals surface area contributed by atoms with Crippen LogP contribution in [0.15, 0.2) is 69.4 Å². The molecule has 164 valence electrons. The summed E-state index contributed by atoms with van der Waals surface area (Å²) in [6.07, 6.45) is 1.82. The molecule has 3 N–H and O–H groups in total. The van der Waals surface area contributed by atoms with E-state index in [4.69, 9.17) is 16.7 Å². The van der Waals surface area contributed by atoms with Crippen molar-refractivity contribution >= 4 is 56.2 Å². The predicted octanol–water partition coefficient (Wildman–Crippen LogP) is 4.29. The second kappa shape index (κ2) is 8.59. The van der Waals surface area contributed by atoms with Crippen molar-refractivity contribution in [2.45, 2.75) is 18.7 Å². The van der Waals surface area contributed by atoms with Crippen molar-refractivity contribution in [3.8, 4) is 5.69 Å². The molecule has 1 aliphatic heterocycles. The van der Waals surface area contributed by atoms with Gasteiger partial charge in [-0.1, -0.05) is 11.6 Å². The van der Waals surface area contributed by atoms with Crippen LogP contribution in [-0.4, -0.2) is 24.1 Å². The minimum atomic E-state index is -3.75. The summed E-state index contributed by atoms with van der Waals surface area (Å²) < 4.78 is 25.0. The van der Waals surface area contributed by atoms with Crippen molar-refractivity contribution in [1.82, 2.24) is 9.88 Å². The number of amidine groups is 1. The number of thioether (sulfide) groups is 1. The normalized spacial score (nSPS) is 16.7. The maximum absolute atomic E-state index is 12.5. The summed E-state index contributed by atoms with van der Waals surface area (Å²) >= 11 is 7.16. The van der Waals surface area contributed by atoms with Crippen LogP contribution in [0.1, 0.15) is 17.0 Å². The molecule has 1 aromatic heterocycles. The minimum Gasteiger partial charge on any atom is -0.318 e. The molecule has 10 heteroatoms. The molecule has 1 aliphatic rings. The molecule has 0 saturated carbocycles. The molecule has 4 rings (SSSR count). The van der Waals surface area contributed by atoms with Gasteiger partial charge in [0.25, 0.3) is 5.91 Å². The van der Waals surface area contributed by atoms with Gasteiger partial charge in [0.05, 0.1) is 15.5 Å². The monoisotopic (exact) mass is 486 g/mol. The standard InChI is InChI=1S/C22H19ClN4O3S2/c1-13-11-15(14(2)27(13)18-7-9-19(10-8-18)32(24,29)30)12-20-21(28)26-22(31-20)25-17-5-3-16(23)4-6-17/h3-12H,1-2H3,(H2,24,29,30)(H,25,26,28). The fraction of sp³-hybridized carbons (Fsp3) is 0.0909. The Bertz CT molecular complexity index is 1370. The summed E-state index contributed by atoms with van der Waals surface area (Å²) in [5.74, 6) is -0.218. The molecule has 0 atom stereocenters. The van der Waals surface area contributed by atoms with Crippen LogP contribution < -0.4 is 10.5 Å². The fourth-order valence-corrected chi connectivity index (χ4v) is 4.84. The zero-order chi connectivity index (χ0) is 23.0. The average Bonchev–Trinajstić information content (AvgIpc) is 3.21. The van der Waals surface area contributed by atoms with Gasteiger partial charge in [0.1, 0.15) is 0 Å². The number of nitrogens with two attached hydrogens (primary N) is 1. The van der Waals surface area contributed by atoms with E-state index < -0.39 is 10.0 Å². The molecule has 0 spiro atoms. The van der Waals surface area contributed by atoms with Crippen molar-refractivity contribution in [2.75, 3.05) is 0 Å². The zero-order valence-corrected chi connectivity index (χ0v) is 19.6. The molecule has 2 aromatic carbocycles. The number of aryl methyl sites for hydroxylation is 1. The van der Waals surface area contributed by atoms with Gasteiger partial charge in [-0.25, -0.2) is 18.5 Å². The van der Waals surface area contributed by atoms with E-state index in [1.807, 2.05) is 30.6 Å². The zero-order valence-electron chi connectivity index (χ0n) is 17.2. The molecule has 7 nitrogen and oxygen atoms in total. The topological polar surface area (TPSA) is 107 Å². The molecule has 32 heavy (non-hydrogen) atoms. The van der Waals surface area contributed by atoms with Crippen molar-refractivity contribution in [3.63, 3.8) is 0 Å². The van der Waals surface area contributed by atoms with Crippen LogP contribution in [0, 0.1) is 13.8 Å². The largest absolute Gasteiger partial charge is 0.318 e. The quantitative estimate of drug-likeness (QED) is 0.536. The summed E-state index contributed by atoms with van der Waals surface area (Å²) in [6.45, 7) is 3.88. The van der Waals surface area contributed by atoms with Gasteiger partial charge in [0, 0.05) is 22.1 Å². The number of nitrogens with zero attached hydrogens (tertiary/aromatic N) is 2. The number of primary sulfonamides is 1. The molecule has 1 fully saturated rings. The number of hydrogen-bond donors (Lipinski definition) is 2. The highest BCUT2D eigenvalue weighted by Gasteiger charge is 2.24. The van der Waals surface area contributed by atoms with E-state index in [1.165, 1.54) is 23.9 Å². The first-order chi connectivity index (χ1) is 15.1. The Labute approximate surface area is 195 Å². The number of carbonyl (C=O) groups is 1. The molecular formula is C22H19ClN4O3S2. The summed E-state index contributed by atoms with van der Waals surface area (Å²) in [6, 6.07) is 15.3. The Kier molecular flexibility index (Phi) is 6.00. The van der Waals surface area contributed by atoms with Crippen LogP contribution in [0.4, 0.5) is 5.69 Å². The third-order valence-corrected chi connectivity index (χ3v) is 6.98. The van der Waals surface area contributed by atoms with Gasteiger partial charge in [-0.3, -0.25) is 4.79 Å². The fourth-order valence-electron chi connectivity index (χ4n) is 3.37. The third-order valence-electron chi connectivity index (χ3n) is 4.89. The van der Waals surface area contributed by atoms with Crippen LogP contribution in [0.2, 0.25) is 5.02 Å². The third kappa shape index (κ3) is 4.66. The second-order valence-electron chi connectivity index (χ2n) is 7.16. The highest BCUT2D eigenvalue weighted by atomic mass is 35.5. The number of benzene rings is 2. The molecular weight excluding hydrogens is 468 g/mol. The van der Waals surface area contributed by atoms with E-state index in [0.29, 0.717) is 20.8 Å². The van der Waals surface area contributed by atoms with Crippen LogP contribution in [0.3, 0.4) is 0 Å². The number of rotatable bonds is 4. The van der Waals surface area contributed by atoms with Crippen molar-refractivity contribution in [1.29, 1.82) is 0 Å². The first-order valence-electron chi connectivity index (χ1n) is 9.49. The Morgan fingerprint density at radius 1 is 1.09 bits per heavy atom. The second-order valence-corrected chi connectivity index (χ2v) is 10.2. The lowest BCUT2D eigenvalue weighted by Crippen LogP contribution is -2.19.